The molecule has 0 aliphatic rings. The molecule has 1 amide bonds. The quantitative estimate of drug-likeness (QED) is 0.371. The first-order valence-corrected chi connectivity index (χ1v) is 11.0. The number of anilines is 1. The Hall–Kier alpha value is -4.91. The molecule has 1 aromatic carbocycles. The van der Waals surface area contributed by atoms with Crippen LogP contribution in [0, 0.1) is 25.2 Å². The number of hydrogen-bond donors (Lipinski definition) is 1. The first-order chi connectivity index (χ1) is 17.3. The van der Waals surface area contributed by atoms with Crippen LogP contribution in [0.3, 0.4) is 0 Å². The van der Waals surface area contributed by atoms with Crippen molar-refractivity contribution >= 4 is 34.6 Å². The van der Waals surface area contributed by atoms with Crippen LogP contribution in [0.15, 0.2) is 51.3 Å². The Morgan fingerprint density at radius 1 is 1.06 bits per heavy atom. The van der Waals surface area contributed by atoms with E-state index in [0.717, 1.165) is 0 Å². The Kier molecular flexibility index (Phi) is 6.83. The van der Waals surface area contributed by atoms with Gasteiger partial charge in [0.15, 0.2) is 12.4 Å². The average Bonchev–Trinajstić information content (AvgIpc) is 3.44. The summed E-state index contributed by atoms with van der Waals surface area (Å²) in [6.07, 6.45) is 0. The fourth-order valence-electron chi connectivity index (χ4n) is 3.60. The summed E-state index contributed by atoms with van der Waals surface area (Å²) in [5.74, 6) is -1.20. The molecule has 3 heterocycles. The number of pyridine rings is 1. The minimum absolute atomic E-state index is 0.0735. The molecular weight excluding hydrogens is 466 g/mol. The largest absolute Gasteiger partial charge is 0.462 e. The summed E-state index contributed by atoms with van der Waals surface area (Å²) in [5.41, 5.74) is 0.944. The molecule has 0 bridgehead atoms. The van der Waals surface area contributed by atoms with Crippen LogP contribution in [-0.2, 0) is 14.3 Å². The molecular formula is C26H21N3O7. The van der Waals surface area contributed by atoms with Gasteiger partial charge in [0.05, 0.1) is 17.7 Å². The number of aromatic nitrogens is 1. The molecule has 0 atom stereocenters. The van der Waals surface area contributed by atoms with Crippen LogP contribution in [0.2, 0.25) is 0 Å². The maximum absolute atomic E-state index is 12.9. The summed E-state index contributed by atoms with van der Waals surface area (Å²) in [6, 6.07) is 13.9. The van der Waals surface area contributed by atoms with Gasteiger partial charge in [0.1, 0.15) is 34.4 Å². The molecule has 4 rings (SSSR count). The number of nitriles is 1. The van der Waals surface area contributed by atoms with Gasteiger partial charge in [-0.15, -0.1) is 0 Å². The van der Waals surface area contributed by atoms with Crippen molar-refractivity contribution in [2.24, 2.45) is 0 Å². The SMILES string of the molecule is CCOC(=O)c1c(C)oc(NC(=O)COC(=O)c2cc(-c3ccc(C)o3)nc3ccccc23)c1C#N. The van der Waals surface area contributed by atoms with Crippen LogP contribution < -0.4 is 5.32 Å². The number of para-hydroxylation sites is 1. The van der Waals surface area contributed by atoms with Crippen molar-refractivity contribution in [2.75, 3.05) is 18.5 Å². The lowest BCUT2D eigenvalue weighted by Gasteiger charge is -2.09. The Labute approximate surface area is 205 Å². The monoisotopic (exact) mass is 487 g/mol. The number of rotatable bonds is 7. The van der Waals surface area contributed by atoms with Gasteiger partial charge in [-0.25, -0.2) is 14.6 Å². The predicted octanol–water partition coefficient (Wildman–Crippen LogP) is 4.55. The highest BCUT2D eigenvalue weighted by Crippen LogP contribution is 2.28. The normalized spacial score (nSPS) is 10.6. The number of ether oxygens (including phenoxy) is 2. The maximum atomic E-state index is 12.9. The third kappa shape index (κ3) is 4.81. The Bertz CT molecular complexity index is 1520. The van der Waals surface area contributed by atoms with E-state index in [1.54, 1.807) is 50.2 Å². The van der Waals surface area contributed by atoms with Crippen molar-refractivity contribution in [2.45, 2.75) is 20.8 Å². The van der Waals surface area contributed by atoms with Gasteiger partial charge in [-0.1, -0.05) is 18.2 Å². The lowest BCUT2D eigenvalue weighted by atomic mass is 10.1. The summed E-state index contributed by atoms with van der Waals surface area (Å²) in [6.45, 7) is 4.34. The van der Waals surface area contributed by atoms with E-state index in [1.807, 2.05) is 6.07 Å². The van der Waals surface area contributed by atoms with Gasteiger partial charge in [0.25, 0.3) is 5.91 Å². The number of carbonyl (C=O) groups excluding carboxylic acids is 3. The summed E-state index contributed by atoms with van der Waals surface area (Å²) in [7, 11) is 0. The van der Waals surface area contributed by atoms with E-state index in [-0.39, 0.29) is 34.9 Å². The van der Waals surface area contributed by atoms with Gasteiger partial charge >= 0.3 is 11.9 Å². The second-order valence-electron chi connectivity index (χ2n) is 7.68. The topological polar surface area (TPSA) is 145 Å². The van der Waals surface area contributed by atoms with Gasteiger partial charge in [-0.2, -0.15) is 5.26 Å². The fourth-order valence-corrected chi connectivity index (χ4v) is 3.60. The first-order valence-electron chi connectivity index (χ1n) is 11.0. The van der Waals surface area contributed by atoms with Gasteiger partial charge in [-0.05, 0) is 45.0 Å². The summed E-state index contributed by atoms with van der Waals surface area (Å²) in [4.78, 5) is 42.1. The molecule has 0 aliphatic carbocycles. The number of amides is 1. The van der Waals surface area contributed by atoms with Crippen molar-refractivity contribution in [3.05, 3.63) is 70.7 Å². The zero-order valence-corrected chi connectivity index (χ0v) is 19.7. The lowest BCUT2D eigenvalue weighted by molar-refractivity contribution is -0.119. The smallest absolute Gasteiger partial charge is 0.343 e. The van der Waals surface area contributed by atoms with E-state index < -0.39 is 24.5 Å². The van der Waals surface area contributed by atoms with Crippen molar-refractivity contribution < 1.29 is 32.7 Å². The second-order valence-corrected chi connectivity index (χ2v) is 7.68. The zero-order valence-electron chi connectivity index (χ0n) is 19.7. The number of furan rings is 2. The molecule has 4 aromatic rings. The van der Waals surface area contributed by atoms with Crippen molar-refractivity contribution in [3.63, 3.8) is 0 Å². The molecule has 0 saturated heterocycles. The molecule has 10 heteroatoms. The third-order valence-corrected chi connectivity index (χ3v) is 5.19. The first kappa shape index (κ1) is 24.2. The highest BCUT2D eigenvalue weighted by atomic mass is 16.5. The highest BCUT2D eigenvalue weighted by Gasteiger charge is 2.26. The molecule has 0 fully saturated rings. The second kappa shape index (κ2) is 10.1. The number of hydrogen-bond acceptors (Lipinski definition) is 9. The van der Waals surface area contributed by atoms with E-state index >= 15 is 0 Å². The molecule has 36 heavy (non-hydrogen) atoms. The molecule has 0 saturated carbocycles. The average molecular weight is 487 g/mol. The van der Waals surface area contributed by atoms with Gasteiger partial charge in [0.2, 0.25) is 5.88 Å². The number of nitrogens with one attached hydrogen (secondary N) is 1. The van der Waals surface area contributed by atoms with E-state index in [4.69, 9.17) is 18.3 Å². The molecule has 0 aliphatic heterocycles. The lowest BCUT2D eigenvalue weighted by Crippen LogP contribution is -2.21. The minimum atomic E-state index is -0.760. The molecule has 0 radical (unpaired) electrons. The standard InChI is InChI=1S/C26H21N3O7/c1-4-33-26(32)23-15(3)36-24(18(23)12-27)29-22(30)13-34-25(31)17-11-20(21-10-9-14(2)35-21)28-19-8-6-5-7-16(17)19/h5-11H,4,13H2,1-3H3,(H,29,30). The Morgan fingerprint density at radius 3 is 2.53 bits per heavy atom. The van der Waals surface area contributed by atoms with Crippen LogP contribution in [0.4, 0.5) is 5.88 Å². The number of aryl methyl sites for hydroxylation is 2. The molecule has 1 N–H and O–H groups in total. The zero-order chi connectivity index (χ0) is 25.8. The van der Waals surface area contributed by atoms with Crippen molar-refractivity contribution in [1.29, 1.82) is 5.26 Å². The number of nitrogens with zero attached hydrogens (tertiary/aromatic N) is 2. The van der Waals surface area contributed by atoms with Gasteiger partial charge in [-0.3, -0.25) is 10.1 Å². The van der Waals surface area contributed by atoms with Gasteiger partial charge in [0, 0.05) is 5.39 Å². The van der Waals surface area contributed by atoms with Crippen molar-refractivity contribution in [1.82, 2.24) is 4.98 Å². The van der Waals surface area contributed by atoms with Crippen LogP contribution in [0.5, 0.6) is 0 Å². The fraction of sp³-hybridized carbons (Fsp3) is 0.192. The van der Waals surface area contributed by atoms with E-state index in [1.165, 1.54) is 13.0 Å². The Balaban J connectivity index is 1.53. The highest BCUT2D eigenvalue weighted by molar-refractivity contribution is 6.05. The number of fused-ring (bicyclic) bond motifs is 1. The van der Waals surface area contributed by atoms with Crippen LogP contribution in [0.1, 0.15) is 44.7 Å². The number of esters is 2. The third-order valence-electron chi connectivity index (χ3n) is 5.19. The van der Waals surface area contributed by atoms with Crippen LogP contribution >= 0.6 is 0 Å². The summed E-state index contributed by atoms with van der Waals surface area (Å²) < 4.78 is 21.2. The van der Waals surface area contributed by atoms with Gasteiger partial charge < -0.3 is 18.3 Å². The predicted molar refractivity (Wildman–Crippen MR) is 127 cm³/mol. The van der Waals surface area contributed by atoms with E-state index in [2.05, 4.69) is 10.3 Å². The summed E-state index contributed by atoms with van der Waals surface area (Å²) >= 11 is 0. The number of benzene rings is 1. The van der Waals surface area contributed by atoms with E-state index in [9.17, 15) is 19.6 Å². The molecule has 0 spiro atoms. The molecule has 182 valence electrons. The molecule has 10 nitrogen and oxygen atoms in total. The minimum Gasteiger partial charge on any atom is -0.462 e. The number of carbonyl (C=O) groups is 3. The Morgan fingerprint density at radius 2 is 1.83 bits per heavy atom. The maximum Gasteiger partial charge on any atom is 0.343 e. The molecule has 3 aromatic heterocycles. The van der Waals surface area contributed by atoms with Crippen molar-refractivity contribution in [3.8, 4) is 17.5 Å². The summed E-state index contributed by atoms with van der Waals surface area (Å²) in [5, 5.41) is 12.4. The molecule has 0 unspecified atom stereocenters. The van der Waals surface area contributed by atoms with E-state index in [0.29, 0.717) is 28.1 Å². The van der Waals surface area contributed by atoms with Crippen LogP contribution in [-0.4, -0.2) is 36.0 Å². The van der Waals surface area contributed by atoms with Crippen LogP contribution in [0.25, 0.3) is 22.4 Å².